The lowest BCUT2D eigenvalue weighted by atomic mass is 9.89. The average Bonchev–Trinajstić information content (AvgIpc) is 2.80. The van der Waals surface area contributed by atoms with Crippen LogP contribution < -0.4 is 5.32 Å². The minimum Gasteiger partial charge on any atom is -0.350 e. The number of nitrogens with one attached hydrogen (secondary N) is 1. The molecule has 1 N–H and O–H groups in total. The average molecular weight is 317 g/mol. The van der Waals surface area contributed by atoms with E-state index >= 15 is 0 Å². The minimum atomic E-state index is -4.26. The molecule has 1 saturated carbocycles. The van der Waals surface area contributed by atoms with Gasteiger partial charge in [-0.05, 0) is 25.7 Å². The number of nitrogens with zero attached hydrogens (tertiary/aromatic N) is 2. The Morgan fingerprint density at radius 2 is 2.05 bits per heavy atom. The number of rotatable bonds is 5. The molecule has 1 aliphatic rings. The van der Waals surface area contributed by atoms with Crippen molar-refractivity contribution < 1.29 is 18.0 Å². The van der Waals surface area contributed by atoms with Crippen LogP contribution in [0.3, 0.4) is 0 Å². The number of imidazole rings is 1. The van der Waals surface area contributed by atoms with Crippen molar-refractivity contribution in [1.82, 2.24) is 14.9 Å². The summed E-state index contributed by atoms with van der Waals surface area (Å²) in [4.78, 5) is 16.0. The van der Waals surface area contributed by atoms with Crippen molar-refractivity contribution in [3.63, 3.8) is 0 Å². The van der Waals surface area contributed by atoms with Crippen molar-refractivity contribution in [3.05, 3.63) is 17.7 Å². The predicted octanol–water partition coefficient (Wildman–Crippen LogP) is 3.45. The molecule has 0 saturated heterocycles. The molecule has 0 radical (unpaired) electrons. The number of amides is 1. The molecule has 1 aromatic heterocycles. The highest BCUT2D eigenvalue weighted by atomic mass is 19.4. The minimum absolute atomic E-state index is 0.220. The summed E-state index contributed by atoms with van der Waals surface area (Å²) >= 11 is 0. The summed E-state index contributed by atoms with van der Waals surface area (Å²) in [5.41, 5.74) is 0.938. The molecular weight excluding hydrogens is 295 g/mol. The van der Waals surface area contributed by atoms with Crippen molar-refractivity contribution in [2.75, 3.05) is 6.54 Å². The predicted molar refractivity (Wildman–Crippen MR) is 76.5 cm³/mol. The topological polar surface area (TPSA) is 46.9 Å². The Kier molecular flexibility index (Phi) is 5.47. The number of carbonyl (C=O) groups excluding carboxylic acids is 1. The highest BCUT2D eigenvalue weighted by Crippen LogP contribution is 2.25. The Bertz CT molecular complexity index is 505. The van der Waals surface area contributed by atoms with Crippen molar-refractivity contribution in [1.29, 1.82) is 0 Å². The van der Waals surface area contributed by atoms with Gasteiger partial charge in [-0.1, -0.05) is 19.3 Å². The number of hydrogen-bond donors (Lipinski definition) is 1. The Morgan fingerprint density at radius 1 is 1.36 bits per heavy atom. The smallest absolute Gasteiger partial charge is 0.350 e. The van der Waals surface area contributed by atoms with E-state index in [4.69, 9.17) is 0 Å². The normalized spacial score (nSPS) is 16.7. The maximum Gasteiger partial charge on any atom is 0.390 e. The molecule has 124 valence electrons. The molecule has 0 aromatic carbocycles. The Labute approximate surface area is 128 Å². The first kappa shape index (κ1) is 16.8. The third-order valence-electron chi connectivity index (χ3n) is 4.19. The largest absolute Gasteiger partial charge is 0.390 e. The molecule has 1 amide bonds. The molecule has 1 heterocycles. The van der Waals surface area contributed by atoms with E-state index < -0.39 is 25.0 Å². The van der Waals surface area contributed by atoms with Gasteiger partial charge in [0.1, 0.15) is 5.69 Å². The summed E-state index contributed by atoms with van der Waals surface area (Å²) in [6.07, 6.45) is 2.46. The van der Waals surface area contributed by atoms with Gasteiger partial charge >= 0.3 is 6.18 Å². The fourth-order valence-corrected chi connectivity index (χ4v) is 2.90. The van der Waals surface area contributed by atoms with Gasteiger partial charge in [0.2, 0.25) is 0 Å². The zero-order valence-corrected chi connectivity index (χ0v) is 12.7. The maximum absolute atomic E-state index is 12.1. The SMILES string of the molecule is Cc1c(C(=O)NCCC(F)(F)F)ncn1CC1CCCCC1. The Morgan fingerprint density at radius 3 is 2.68 bits per heavy atom. The molecule has 0 atom stereocenters. The van der Waals surface area contributed by atoms with Crippen LogP contribution in [-0.2, 0) is 6.54 Å². The molecule has 7 heteroatoms. The summed E-state index contributed by atoms with van der Waals surface area (Å²) in [5, 5.41) is 2.28. The molecule has 1 aliphatic carbocycles. The lowest BCUT2D eigenvalue weighted by Gasteiger charge is -2.22. The summed E-state index contributed by atoms with van der Waals surface area (Å²) in [6, 6.07) is 0. The van der Waals surface area contributed by atoms with E-state index in [1.54, 1.807) is 13.3 Å². The van der Waals surface area contributed by atoms with E-state index in [0.29, 0.717) is 5.92 Å². The van der Waals surface area contributed by atoms with Crippen LogP contribution in [0.25, 0.3) is 0 Å². The second kappa shape index (κ2) is 7.15. The molecule has 1 fully saturated rings. The van der Waals surface area contributed by atoms with Crippen LogP contribution in [0, 0.1) is 12.8 Å². The fraction of sp³-hybridized carbons (Fsp3) is 0.733. The fourth-order valence-electron chi connectivity index (χ4n) is 2.90. The lowest BCUT2D eigenvalue weighted by molar-refractivity contribution is -0.132. The zero-order valence-electron chi connectivity index (χ0n) is 12.7. The van der Waals surface area contributed by atoms with Crippen molar-refractivity contribution in [2.45, 2.75) is 58.2 Å². The lowest BCUT2D eigenvalue weighted by Crippen LogP contribution is -2.28. The van der Waals surface area contributed by atoms with E-state index in [9.17, 15) is 18.0 Å². The van der Waals surface area contributed by atoms with E-state index in [1.165, 1.54) is 32.1 Å². The molecule has 4 nitrogen and oxygen atoms in total. The first-order valence-corrected chi connectivity index (χ1v) is 7.73. The van der Waals surface area contributed by atoms with Gasteiger partial charge in [-0.2, -0.15) is 13.2 Å². The number of halogens is 3. The molecular formula is C15H22F3N3O. The van der Waals surface area contributed by atoms with E-state index in [0.717, 1.165) is 12.2 Å². The van der Waals surface area contributed by atoms with Crippen LogP contribution in [0.15, 0.2) is 6.33 Å². The van der Waals surface area contributed by atoms with Crippen LogP contribution in [0.1, 0.15) is 54.7 Å². The molecule has 22 heavy (non-hydrogen) atoms. The Balaban J connectivity index is 1.90. The van der Waals surface area contributed by atoms with Crippen LogP contribution >= 0.6 is 0 Å². The third-order valence-corrected chi connectivity index (χ3v) is 4.19. The van der Waals surface area contributed by atoms with Gasteiger partial charge in [-0.3, -0.25) is 4.79 Å². The van der Waals surface area contributed by atoms with Gasteiger partial charge in [0, 0.05) is 18.8 Å². The summed E-state index contributed by atoms with van der Waals surface area (Å²) in [7, 11) is 0. The second-order valence-electron chi connectivity index (χ2n) is 5.96. The van der Waals surface area contributed by atoms with E-state index in [1.807, 2.05) is 4.57 Å². The van der Waals surface area contributed by atoms with Crippen molar-refractivity contribution in [2.24, 2.45) is 5.92 Å². The van der Waals surface area contributed by atoms with Gasteiger partial charge in [0.25, 0.3) is 5.91 Å². The summed E-state index contributed by atoms with van der Waals surface area (Å²) in [5.74, 6) is 0.0620. The monoisotopic (exact) mass is 317 g/mol. The summed E-state index contributed by atoms with van der Waals surface area (Å²) < 4.78 is 38.2. The highest BCUT2D eigenvalue weighted by Gasteiger charge is 2.27. The van der Waals surface area contributed by atoms with Crippen LogP contribution in [-0.4, -0.2) is 28.2 Å². The van der Waals surface area contributed by atoms with Gasteiger partial charge < -0.3 is 9.88 Å². The quantitative estimate of drug-likeness (QED) is 0.904. The molecule has 0 bridgehead atoms. The third kappa shape index (κ3) is 4.74. The summed E-state index contributed by atoms with van der Waals surface area (Å²) in [6.45, 7) is 2.19. The number of aromatic nitrogens is 2. The first-order chi connectivity index (χ1) is 10.4. The number of hydrogen-bond acceptors (Lipinski definition) is 2. The number of alkyl halides is 3. The molecule has 1 aromatic rings. The van der Waals surface area contributed by atoms with Crippen LogP contribution in [0.5, 0.6) is 0 Å². The first-order valence-electron chi connectivity index (χ1n) is 7.73. The van der Waals surface area contributed by atoms with Crippen LogP contribution in [0.2, 0.25) is 0 Å². The highest BCUT2D eigenvalue weighted by molar-refractivity contribution is 5.93. The molecule has 0 aliphatic heterocycles. The van der Waals surface area contributed by atoms with E-state index in [-0.39, 0.29) is 5.69 Å². The standard InChI is InChI=1S/C15H22F3N3O/c1-11-13(14(22)19-8-7-15(16,17)18)20-10-21(11)9-12-5-3-2-4-6-12/h10,12H,2-9H2,1H3,(H,19,22). The van der Waals surface area contributed by atoms with Crippen molar-refractivity contribution >= 4 is 5.91 Å². The maximum atomic E-state index is 12.1. The molecule has 0 unspecified atom stereocenters. The van der Waals surface area contributed by atoms with Crippen molar-refractivity contribution in [3.8, 4) is 0 Å². The van der Waals surface area contributed by atoms with Gasteiger partial charge in [0.15, 0.2) is 0 Å². The van der Waals surface area contributed by atoms with Gasteiger partial charge in [0.05, 0.1) is 12.7 Å². The zero-order chi connectivity index (χ0) is 16.2. The second-order valence-corrected chi connectivity index (χ2v) is 5.96. The molecule has 0 spiro atoms. The van der Waals surface area contributed by atoms with Gasteiger partial charge in [-0.15, -0.1) is 0 Å². The number of carbonyl (C=O) groups is 1. The Hall–Kier alpha value is -1.53. The van der Waals surface area contributed by atoms with Gasteiger partial charge in [-0.25, -0.2) is 4.98 Å². The van der Waals surface area contributed by atoms with Crippen LogP contribution in [0.4, 0.5) is 13.2 Å². The molecule has 2 rings (SSSR count). The van der Waals surface area contributed by atoms with E-state index in [2.05, 4.69) is 10.3 Å².